The highest BCUT2D eigenvalue weighted by molar-refractivity contribution is 5.26. The van der Waals surface area contributed by atoms with Crippen LogP contribution < -0.4 is 4.74 Å². The second kappa shape index (κ2) is 7.01. The quantitative estimate of drug-likeness (QED) is 0.747. The van der Waals surface area contributed by atoms with Gasteiger partial charge in [0, 0.05) is 5.56 Å². The molecule has 0 fully saturated rings. The lowest BCUT2D eigenvalue weighted by Crippen LogP contribution is -2.07. The maximum absolute atomic E-state index is 13.3. The highest BCUT2D eigenvalue weighted by Crippen LogP contribution is 2.12. The zero-order valence-corrected chi connectivity index (χ0v) is 11.2. The molecule has 0 spiro atoms. The van der Waals surface area contributed by atoms with Crippen molar-refractivity contribution in [3.63, 3.8) is 0 Å². The van der Waals surface area contributed by atoms with Gasteiger partial charge in [-0.25, -0.2) is 8.78 Å². The van der Waals surface area contributed by atoms with E-state index in [4.69, 9.17) is 9.47 Å². The molecule has 4 heteroatoms. The van der Waals surface area contributed by atoms with Gasteiger partial charge in [0.05, 0.1) is 13.2 Å². The standard InChI is InChI=1S/C16H16F2O2/c1-12-2-5-15(6-3-12)20-9-8-19-11-13-10-14(17)4-7-16(13)18/h2-7,10H,8-9,11H2,1H3. The van der Waals surface area contributed by atoms with E-state index in [1.807, 2.05) is 31.2 Å². The molecule has 2 nitrogen and oxygen atoms in total. The third-order valence-corrected chi connectivity index (χ3v) is 2.78. The Balaban J connectivity index is 1.71. The number of halogens is 2. The van der Waals surface area contributed by atoms with Gasteiger partial charge in [-0.1, -0.05) is 17.7 Å². The summed E-state index contributed by atoms with van der Waals surface area (Å²) in [5.41, 5.74) is 1.37. The summed E-state index contributed by atoms with van der Waals surface area (Å²) in [6.45, 7) is 2.70. The summed E-state index contributed by atoms with van der Waals surface area (Å²) >= 11 is 0. The molecule has 0 aromatic heterocycles. The maximum Gasteiger partial charge on any atom is 0.128 e. The van der Waals surface area contributed by atoms with Crippen LogP contribution in [0.5, 0.6) is 5.75 Å². The van der Waals surface area contributed by atoms with E-state index in [2.05, 4.69) is 0 Å². The van der Waals surface area contributed by atoms with E-state index in [1.54, 1.807) is 0 Å². The highest BCUT2D eigenvalue weighted by atomic mass is 19.1. The van der Waals surface area contributed by atoms with Crippen LogP contribution >= 0.6 is 0 Å². The molecule has 0 bridgehead atoms. The molecular weight excluding hydrogens is 262 g/mol. The maximum atomic E-state index is 13.3. The number of hydrogen-bond donors (Lipinski definition) is 0. The van der Waals surface area contributed by atoms with Crippen molar-refractivity contribution in [3.8, 4) is 5.75 Å². The molecule has 106 valence electrons. The van der Waals surface area contributed by atoms with Crippen molar-refractivity contribution in [2.24, 2.45) is 0 Å². The van der Waals surface area contributed by atoms with E-state index < -0.39 is 11.6 Å². The predicted octanol–water partition coefficient (Wildman–Crippen LogP) is 3.87. The molecule has 0 heterocycles. The largest absolute Gasteiger partial charge is 0.491 e. The Morgan fingerprint density at radius 3 is 2.45 bits per heavy atom. The Hall–Kier alpha value is -1.94. The fraction of sp³-hybridized carbons (Fsp3) is 0.250. The number of hydrogen-bond acceptors (Lipinski definition) is 2. The lowest BCUT2D eigenvalue weighted by Gasteiger charge is -2.08. The van der Waals surface area contributed by atoms with Crippen molar-refractivity contribution in [3.05, 3.63) is 65.2 Å². The van der Waals surface area contributed by atoms with Crippen molar-refractivity contribution < 1.29 is 18.3 Å². The van der Waals surface area contributed by atoms with Crippen molar-refractivity contribution in [2.45, 2.75) is 13.5 Å². The van der Waals surface area contributed by atoms with Crippen LogP contribution in [-0.2, 0) is 11.3 Å². The summed E-state index contributed by atoms with van der Waals surface area (Å²) in [5, 5.41) is 0. The Morgan fingerprint density at radius 1 is 0.950 bits per heavy atom. The molecule has 0 N–H and O–H groups in total. The SMILES string of the molecule is Cc1ccc(OCCOCc2cc(F)ccc2F)cc1. The lowest BCUT2D eigenvalue weighted by atomic mass is 10.2. The van der Waals surface area contributed by atoms with Crippen LogP contribution in [0.4, 0.5) is 8.78 Å². The van der Waals surface area contributed by atoms with Gasteiger partial charge in [0.2, 0.25) is 0 Å². The first-order valence-corrected chi connectivity index (χ1v) is 6.36. The van der Waals surface area contributed by atoms with Crippen LogP contribution in [0.1, 0.15) is 11.1 Å². The van der Waals surface area contributed by atoms with Crippen LogP contribution in [0.3, 0.4) is 0 Å². The molecule has 0 aliphatic rings. The minimum absolute atomic E-state index is 0.0286. The topological polar surface area (TPSA) is 18.5 Å². The smallest absolute Gasteiger partial charge is 0.128 e. The predicted molar refractivity (Wildman–Crippen MR) is 72.7 cm³/mol. The summed E-state index contributed by atoms with van der Waals surface area (Å²) in [6.07, 6.45) is 0. The molecule has 0 radical (unpaired) electrons. The van der Waals surface area contributed by atoms with Crippen molar-refractivity contribution in [1.29, 1.82) is 0 Å². The van der Waals surface area contributed by atoms with E-state index in [0.29, 0.717) is 13.2 Å². The van der Waals surface area contributed by atoms with E-state index in [-0.39, 0.29) is 12.2 Å². The van der Waals surface area contributed by atoms with Gasteiger partial charge in [0.25, 0.3) is 0 Å². The van der Waals surface area contributed by atoms with Crippen LogP contribution in [0.15, 0.2) is 42.5 Å². The van der Waals surface area contributed by atoms with Crippen LogP contribution in [0, 0.1) is 18.6 Å². The van der Waals surface area contributed by atoms with E-state index in [9.17, 15) is 8.78 Å². The fourth-order valence-electron chi connectivity index (χ4n) is 1.69. The zero-order chi connectivity index (χ0) is 14.4. The molecule has 0 aliphatic carbocycles. The lowest BCUT2D eigenvalue weighted by molar-refractivity contribution is 0.0870. The molecule has 0 saturated carbocycles. The first kappa shape index (κ1) is 14.5. The van der Waals surface area contributed by atoms with Crippen LogP contribution in [0.2, 0.25) is 0 Å². The van der Waals surface area contributed by atoms with Gasteiger partial charge in [-0.2, -0.15) is 0 Å². The first-order valence-electron chi connectivity index (χ1n) is 6.36. The molecule has 2 aromatic carbocycles. The Labute approximate surface area is 117 Å². The van der Waals surface area contributed by atoms with Crippen LogP contribution in [-0.4, -0.2) is 13.2 Å². The van der Waals surface area contributed by atoms with Gasteiger partial charge in [0.15, 0.2) is 0 Å². The van der Waals surface area contributed by atoms with Gasteiger partial charge >= 0.3 is 0 Å². The molecule has 0 saturated heterocycles. The first-order chi connectivity index (χ1) is 9.65. The molecule has 2 rings (SSSR count). The normalized spacial score (nSPS) is 10.6. The van der Waals surface area contributed by atoms with Gasteiger partial charge in [0.1, 0.15) is 24.0 Å². The van der Waals surface area contributed by atoms with Crippen LogP contribution in [0.25, 0.3) is 0 Å². The van der Waals surface area contributed by atoms with E-state index in [0.717, 1.165) is 29.5 Å². The summed E-state index contributed by atoms with van der Waals surface area (Å²) in [7, 11) is 0. The summed E-state index contributed by atoms with van der Waals surface area (Å²) < 4.78 is 37.0. The molecule has 0 unspecified atom stereocenters. The monoisotopic (exact) mass is 278 g/mol. The number of aryl methyl sites for hydroxylation is 1. The summed E-state index contributed by atoms with van der Waals surface area (Å²) in [5.74, 6) is -0.178. The summed E-state index contributed by atoms with van der Waals surface area (Å²) in [6, 6.07) is 11.0. The van der Waals surface area contributed by atoms with Crippen molar-refractivity contribution in [1.82, 2.24) is 0 Å². The number of ether oxygens (including phenoxy) is 2. The fourth-order valence-corrected chi connectivity index (χ4v) is 1.69. The molecular formula is C16H16F2O2. The number of rotatable bonds is 6. The molecule has 20 heavy (non-hydrogen) atoms. The van der Waals surface area contributed by atoms with Gasteiger partial charge in [-0.15, -0.1) is 0 Å². The Bertz CT molecular complexity index is 553. The average Bonchev–Trinajstić information content (AvgIpc) is 2.44. The third-order valence-electron chi connectivity index (χ3n) is 2.78. The Morgan fingerprint density at radius 2 is 1.70 bits per heavy atom. The third kappa shape index (κ3) is 4.31. The van der Waals surface area contributed by atoms with Crippen molar-refractivity contribution in [2.75, 3.05) is 13.2 Å². The van der Waals surface area contributed by atoms with E-state index in [1.165, 1.54) is 0 Å². The molecule has 2 aromatic rings. The average molecular weight is 278 g/mol. The molecule has 0 atom stereocenters. The van der Waals surface area contributed by atoms with Gasteiger partial charge in [-0.05, 0) is 37.3 Å². The second-order valence-electron chi connectivity index (χ2n) is 4.45. The molecule has 0 aliphatic heterocycles. The Kier molecular flexibility index (Phi) is 5.07. The highest BCUT2D eigenvalue weighted by Gasteiger charge is 2.03. The van der Waals surface area contributed by atoms with Gasteiger partial charge in [-0.3, -0.25) is 0 Å². The minimum atomic E-state index is -0.471. The zero-order valence-electron chi connectivity index (χ0n) is 11.2. The van der Waals surface area contributed by atoms with Gasteiger partial charge < -0.3 is 9.47 Å². The van der Waals surface area contributed by atoms with Crippen molar-refractivity contribution >= 4 is 0 Å². The summed E-state index contributed by atoms with van der Waals surface area (Å²) in [4.78, 5) is 0. The number of benzene rings is 2. The second-order valence-corrected chi connectivity index (χ2v) is 4.45. The molecule has 0 amide bonds. The minimum Gasteiger partial charge on any atom is -0.491 e. The van der Waals surface area contributed by atoms with E-state index >= 15 is 0 Å².